The van der Waals surface area contributed by atoms with E-state index in [9.17, 15) is 9.59 Å². The zero-order chi connectivity index (χ0) is 27.3. The topological polar surface area (TPSA) is 46.6 Å². The Morgan fingerprint density at radius 1 is 0.842 bits per heavy atom. The molecule has 0 aliphatic carbocycles. The lowest BCUT2D eigenvalue weighted by molar-refractivity contribution is 0.0521. The van der Waals surface area contributed by atoms with E-state index in [1.807, 2.05) is 30.3 Å². The van der Waals surface area contributed by atoms with E-state index < -0.39 is 8.32 Å². The van der Waals surface area contributed by atoms with Gasteiger partial charge in [0, 0.05) is 12.1 Å². The molecular formula is C33H39NO3Si. The van der Waals surface area contributed by atoms with Gasteiger partial charge in [-0.15, -0.1) is 6.58 Å². The molecule has 3 aromatic rings. The van der Waals surface area contributed by atoms with Gasteiger partial charge in [0.05, 0.1) is 11.1 Å². The van der Waals surface area contributed by atoms with Crippen LogP contribution in [0.5, 0.6) is 0 Å². The van der Waals surface area contributed by atoms with E-state index in [1.54, 1.807) is 12.1 Å². The predicted octanol–water partition coefficient (Wildman–Crippen LogP) is 6.36. The van der Waals surface area contributed by atoms with Crippen LogP contribution in [0.15, 0.2) is 97.6 Å². The number of carbonyl (C=O) groups is 2. The van der Waals surface area contributed by atoms with Gasteiger partial charge in [-0.1, -0.05) is 99.6 Å². The third kappa shape index (κ3) is 5.31. The Hall–Kier alpha value is -3.28. The Kier molecular flexibility index (Phi) is 8.49. The van der Waals surface area contributed by atoms with Gasteiger partial charge in [0.25, 0.3) is 20.1 Å². The van der Waals surface area contributed by atoms with Crippen molar-refractivity contribution in [3.05, 3.63) is 109 Å². The number of fused-ring (bicyclic) bond motifs is 1. The third-order valence-electron chi connectivity index (χ3n) is 7.54. The van der Waals surface area contributed by atoms with Gasteiger partial charge in [-0.25, -0.2) is 0 Å². The fraction of sp³-hybridized carbons (Fsp3) is 0.333. The first kappa shape index (κ1) is 27.7. The number of allylic oxidation sites excluding steroid dienone is 1. The van der Waals surface area contributed by atoms with Crippen molar-refractivity contribution in [1.29, 1.82) is 0 Å². The van der Waals surface area contributed by atoms with Gasteiger partial charge in [-0.3, -0.25) is 14.5 Å². The lowest BCUT2D eigenvalue weighted by atomic mass is 10.0. The van der Waals surface area contributed by atoms with Crippen LogP contribution in [0.2, 0.25) is 5.04 Å². The standard InChI is InChI=1S/C33H39NO3Si/c1-6-7-10-17-26(34-31(35)29-22-15-16-23-30(29)32(34)36)24-25(2)37-38(33(3,4)5,27-18-11-8-12-19-27)28-20-13-9-14-21-28/h6,8-9,11-16,18-23,25-26H,1,7,10,17,24H2,2-5H3/t25-,26-/m0/s1. The van der Waals surface area contributed by atoms with E-state index in [0.29, 0.717) is 24.0 Å². The van der Waals surface area contributed by atoms with Crippen molar-refractivity contribution in [2.75, 3.05) is 0 Å². The van der Waals surface area contributed by atoms with Crippen LogP contribution in [0.25, 0.3) is 0 Å². The fourth-order valence-corrected chi connectivity index (χ4v) is 10.5. The predicted molar refractivity (Wildman–Crippen MR) is 158 cm³/mol. The fourth-order valence-electron chi connectivity index (χ4n) is 5.81. The zero-order valence-corrected chi connectivity index (χ0v) is 24.0. The van der Waals surface area contributed by atoms with E-state index in [1.165, 1.54) is 15.3 Å². The van der Waals surface area contributed by atoms with Crippen molar-refractivity contribution in [2.24, 2.45) is 0 Å². The molecule has 0 unspecified atom stereocenters. The zero-order valence-electron chi connectivity index (χ0n) is 23.0. The van der Waals surface area contributed by atoms with Crippen molar-refractivity contribution in [1.82, 2.24) is 4.90 Å². The lowest BCUT2D eigenvalue weighted by Gasteiger charge is -2.45. The van der Waals surface area contributed by atoms with Crippen molar-refractivity contribution in [2.45, 2.75) is 70.6 Å². The maximum absolute atomic E-state index is 13.4. The number of benzene rings is 3. The minimum Gasteiger partial charge on any atom is -0.405 e. The molecule has 0 fully saturated rings. The summed E-state index contributed by atoms with van der Waals surface area (Å²) in [6, 6.07) is 28.0. The Morgan fingerprint density at radius 2 is 1.32 bits per heavy atom. The molecule has 1 aliphatic rings. The summed E-state index contributed by atoms with van der Waals surface area (Å²) in [5.74, 6) is -0.404. The van der Waals surface area contributed by atoms with Crippen LogP contribution < -0.4 is 10.4 Å². The first-order valence-corrected chi connectivity index (χ1v) is 15.5. The number of hydrogen-bond acceptors (Lipinski definition) is 3. The highest BCUT2D eigenvalue weighted by Crippen LogP contribution is 2.38. The molecule has 1 aliphatic heterocycles. The maximum Gasteiger partial charge on any atom is 0.261 e. The monoisotopic (exact) mass is 525 g/mol. The second-order valence-corrected chi connectivity index (χ2v) is 15.5. The number of hydrogen-bond donors (Lipinski definition) is 0. The molecule has 0 N–H and O–H groups in total. The van der Waals surface area contributed by atoms with Gasteiger partial charge in [0.2, 0.25) is 0 Å². The van der Waals surface area contributed by atoms with Crippen molar-refractivity contribution in [3.63, 3.8) is 0 Å². The second-order valence-electron chi connectivity index (χ2n) is 11.2. The molecule has 198 valence electrons. The summed E-state index contributed by atoms with van der Waals surface area (Å²) in [7, 11) is -2.76. The van der Waals surface area contributed by atoms with Crippen molar-refractivity contribution < 1.29 is 14.0 Å². The summed E-state index contributed by atoms with van der Waals surface area (Å²) in [6.07, 6.45) is 4.69. The van der Waals surface area contributed by atoms with Gasteiger partial charge in [-0.05, 0) is 60.2 Å². The highest BCUT2D eigenvalue weighted by atomic mass is 28.4. The molecule has 38 heavy (non-hydrogen) atoms. The summed E-state index contributed by atoms with van der Waals surface area (Å²) in [5, 5.41) is 2.28. The molecule has 0 aromatic heterocycles. The van der Waals surface area contributed by atoms with Gasteiger partial charge in [0.1, 0.15) is 0 Å². The summed E-state index contributed by atoms with van der Waals surface area (Å²) in [5.41, 5.74) is 0.985. The number of carbonyl (C=O) groups excluding carboxylic acids is 2. The summed E-state index contributed by atoms with van der Waals surface area (Å²) < 4.78 is 7.29. The van der Waals surface area contributed by atoms with E-state index in [0.717, 1.165) is 12.8 Å². The second kappa shape index (κ2) is 11.6. The summed E-state index contributed by atoms with van der Waals surface area (Å²) >= 11 is 0. The van der Waals surface area contributed by atoms with Crippen LogP contribution in [0.3, 0.4) is 0 Å². The molecule has 2 atom stereocenters. The smallest absolute Gasteiger partial charge is 0.261 e. The molecular weight excluding hydrogens is 486 g/mol. The number of amides is 2. The highest BCUT2D eigenvalue weighted by Gasteiger charge is 2.51. The molecule has 0 spiro atoms. The maximum atomic E-state index is 13.4. The van der Waals surface area contributed by atoms with Crippen LogP contribution in [-0.2, 0) is 4.43 Å². The third-order valence-corrected chi connectivity index (χ3v) is 12.7. The van der Waals surface area contributed by atoms with E-state index >= 15 is 0 Å². The van der Waals surface area contributed by atoms with Crippen LogP contribution in [-0.4, -0.2) is 37.2 Å². The molecule has 0 radical (unpaired) electrons. The van der Waals surface area contributed by atoms with Crippen LogP contribution >= 0.6 is 0 Å². The van der Waals surface area contributed by atoms with E-state index in [-0.39, 0.29) is 29.0 Å². The SMILES string of the molecule is C=CCCC[C@@H](C[C@H](C)O[Si](c1ccccc1)(c1ccccc1)C(C)(C)C)N1C(=O)c2ccccc2C1=O. The molecule has 2 amide bonds. The molecule has 0 saturated carbocycles. The number of imide groups is 1. The minimum absolute atomic E-state index is 0.155. The number of nitrogens with zero attached hydrogens (tertiary/aromatic N) is 1. The van der Waals surface area contributed by atoms with Crippen molar-refractivity contribution in [3.8, 4) is 0 Å². The summed E-state index contributed by atoms with van der Waals surface area (Å²) in [6.45, 7) is 12.7. The Bertz CT molecular complexity index is 1190. The minimum atomic E-state index is -2.76. The van der Waals surface area contributed by atoms with Crippen LogP contribution in [0.4, 0.5) is 0 Å². The largest absolute Gasteiger partial charge is 0.405 e. The van der Waals surface area contributed by atoms with Gasteiger partial charge in [0.15, 0.2) is 0 Å². The summed E-state index contributed by atoms with van der Waals surface area (Å²) in [4.78, 5) is 28.3. The average Bonchev–Trinajstić information content (AvgIpc) is 3.17. The normalized spacial score (nSPS) is 15.3. The molecule has 0 saturated heterocycles. The quantitative estimate of drug-likeness (QED) is 0.127. The molecule has 1 heterocycles. The van der Waals surface area contributed by atoms with Crippen molar-refractivity contribution >= 4 is 30.5 Å². The highest BCUT2D eigenvalue weighted by molar-refractivity contribution is 6.99. The van der Waals surface area contributed by atoms with Crippen LogP contribution in [0.1, 0.15) is 74.1 Å². The lowest BCUT2D eigenvalue weighted by Crippen LogP contribution is -2.67. The van der Waals surface area contributed by atoms with E-state index in [2.05, 4.69) is 82.8 Å². The number of unbranched alkanes of at least 4 members (excludes halogenated alkanes) is 1. The molecule has 0 bridgehead atoms. The first-order chi connectivity index (χ1) is 18.2. The average molecular weight is 526 g/mol. The number of rotatable bonds is 11. The Morgan fingerprint density at radius 3 is 1.76 bits per heavy atom. The van der Waals surface area contributed by atoms with Gasteiger partial charge < -0.3 is 4.43 Å². The Balaban J connectivity index is 1.70. The van der Waals surface area contributed by atoms with Gasteiger partial charge >= 0.3 is 0 Å². The van der Waals surface area contributed by atoms with E-state index in [4.69, 9.17) is 4.43 Å². The van der Waals surface area contributed by atoms with Gasteiger partial charge in [-0.2, -0.15) is 0 Å². The van der Waals surface area contributed by atoms with Crippen LogP contribution in [0, 0.1) is 0 Å². The molecule has 3 aromatic carbocycles. The molecule has 4 rings (SSSR count). The Labute approximate surface area is 228 Å². The molecule has 5 heteroatoms. The molecule has 4 nitrogen and oxygen atoms in total. The first-order valence-electron chi connectivity index (χ1n) is 13.6.